The van der Waals surface area contributed by atoms with Gasteiger partial charge in [-0.2, -0.15) is 0 Å². The van der Waals surface area contributed by atoms with Crippen LogP contribution in [0.1, 0.15) is 23.5 Å². The lowest BCUT2D eigenvalue weighted by Gasteiger charge is -2.24. The molecule has 0 spiro atoms. The zero-order valence-corrected chi connectivity index (χ0v) is 13.5. The molecule has 7 heteroatoms. The average molecular weight is 319 g/mol. The van der Waals surface area contributed by atoms with E-state index >= 15 is 0 Å². The summed E-state index contributed by atoms with van der Waals surface area (Å²) >= 11 is 1.69. The minimum Gasteiger partial charge on any atom is -0.394 e. The molecule has 0 aliphatic carbocycles. The highest BCUT2D eigenvalue weighted by Gasteiger charge is 2.25. The second-order valence-corrected chi connectivity index (χ2v) is 6.44. The van der Waals surface area contributed by atoms with E-state index in [0.29, 0.717) is 0 Å². The van der Waals surface area contributed by atoms with Crippen molar-refractivity contribution in [2.24, 2.45) is 0 Å². The molecule has 0 aromatic carbocycles. The Bertz CT molecular complexity index is 617. The zero-order valence-electron chi connectivity index (χ0n) is 12.7. The summed E-state index contributed by atoms with van der Waals surface area (Å²) in [5, 5.41) is 16.0. The number of nitrogens with zero attached hydrogens (tertiary/aromatic N) is 4. The van der Waals surface area contributed by atoms with Gasteiger partial charge in [0.15, 0.2) is 0 Å². The lowest BCUT2D eigenvalue weighted by Crippen LogP contribution is -2.32. The molecule has 1 aliphatic heterocycles. The minimum absolute atomic E-state index is 0.177. The normalized spacial score (nSPS) is 17.9. The molecule has 0 saturated carbocycles. The van der Waals surface area contributed by atoms with Gasteiger partial charge in [-0.1, -0.05) is 0 Å². The predicted octanol–water partition coefficient (Wildman–Crippen LogP) is 1.86. The van der Waals surface area contributed by atoms with Gasteiger partial charge in [-0.15, -0.1) is 11.3 Å². The first-order valence-corrected chi connectivity index (χ1v) is 8.48. The Kier molecular flexibility index (Phi) is 4.84. The Hall–Kier alpha value is -1.73. The van der Waals surface area contributed by atoms with Crippen LogP contribution >= 0.6 is 11.3 Å². The molecule has 3 heterocycles. The molecule has 2 aromatic heterocycles. The smallest absolute Gasteiger partial charge is 0.134 e. The van der Waals surface area contributed by atoms with Crippen molar-refractivity contribution in [3.8, 4) is 0 Å². The van der Waals surface area contributed by atoms with E-state index in [1.165, 1.54) is 0 Å². The van der Waals surface area contributed by atoms with Gasteiger partial charge >= 0.3 is 0 Å². The van der Waals surface area contributed by atoms with E-state index < -0.39 is 0 Å². The molecule has 0 bridgehead atoms. The van der Waals surface area contributed by atoms with Gasteiger partial charge in [0.05, 0.1) is 17.7 Å². The highest BCUT2D eigenvalue weighted by atomic mass is 32.1. The van der Waals surface area contributed by atoms with Crippen molar-refractivity contribution in [3.63, 3.8) is 0 Å². The fraction of sp³-hybridized carbons (Fsp3) is 0.533. The van der Waals surface area contributed by atoms with Gasteiger partial charge in [0.2, 0.25) is 0 Å². The van der Waals surface area contributed by atoms with E-state index in [1.54, 1.807) is 17.7 Å². The van der Waals surface area contributed by atoms with Crippen molar-refractivity contribution in [1.29, 1.82) is 0 Å². The number of nitrogens with one attached hydrogen (secondary N) is 1. The standard InChI is InChI=1S/C15H21N5OS/c1-11-9-22-15(19-11)4-5-16-13-7-14(18-10-17-13)20-6-2-3-12(20)8-21/h7,9-10,12,21H,2-6,8H2,1H3,(H,16,17,18)/t12-/m1/s1. The Morgan fingerprint density at radius 1 is 1.45 bits per heavy atom. The molecule has 118 valence electrons. The third-order valence-electron chi connectivity index (χ3n) is 3.85. The third-order valence-corrected chi connectivity index (χ3v) is 4.87. The first-order chi connectivity index (χ1) is 10.8. The van der Waals surface area contributed by atoms with Crippen molar-refractivity contribution < 1.29 is 5.11 Å². The van der Waals surface area contributed by atoms with Crippen LogP contribution in [0.2, 0.25) is 0 Å². The van der Waals surface area contributed by atoms with Crippen LogP contribution in [0.25, 0.3) is 0 Å². The van der Waals surface area contributed by atoms with Crippen LogP contribution in [0.5, 0.6) is 0 Å². The summed E-state index contributed by atoms with van der Waals surface area (Å²) < 4.78 is 0. The maximum atomic E-state index is 9.43. The second-order valence-electron chi connectivity index (χ2n) is 5.49. The summed E-state index contributed by atoms with van der Waals surface area (Å²) in [5.41, 5.74) is 1.08. The van der Waals surface area contributed by atoms with Crippen LogP contribution in [-0.4, -0.2) is 45.8 Å². The number of rotatable bonds is 6. The fourth-order valence-corrected chi connectivity index (χ4v) is 3.52. The number of thiazole rings is 1. The van der Waals surface area contributed by atoms with Gasteiger partial charge < -0.3 is 15.3 Å². The number of hydrogen-bond donors (Lipinski definition) is 2. The molecule has 6 nitrogen and oxygen atoms in total. The van der Waals surface area contributed by atoms with Gasteiger partial charge in [-0.3, -0.25) is 0 Å². The molecule has 1 aliphatic rings. The molecular formula is C15H21N5OS. The van der Waals surface area contributed by atoms with Crippen LogP contribution in [0.3, 0.4) is 0 Å². The molecule has 0 amide bonds. The van der Waals surface area contributed by atoms with Crippen molar-refractivity contribution in [2.45, 2.75) is 32.2 Å². The molecule has 1 fully saturated rings. The van der Waals surface area contributed by atoms with Gasteiger partial charge in [-0.25, -0.2) is 15.0 Å². The second kappa shape index (κ2) is 7.02. The van der Waals surface area contributed by atoms with Gasteiger partial charge in [0.1, 0.15) is 18.0 Å². The quantitative estimate of drug-likeness (QED) is 0.846. The lowest BCUT2D eigenvalue weighted by atomic mass is 10.2. The SMILES string of the molecule is Cc1csc(CCNc2cc(N3CCC[C@@H]3CO)ncn2)n1. The monoisotopic (exact) mass is 319 g/mol. The molecular weight excluding hydrogens is 298 g/mol. The van der Waals surface area contributed by atoms with E-state index in [2.05, 4.69) is 30.5 Å². The lowest BCUT2D eigenvalue weighted by molar-refractivity contribution is 0.266. The molecule has 2 N–H and O–H groups in total. The Balaban J connectivity index is 1.59. The Morgan fingerprint density at radius 2 is 2.36 bits per heavy atom. The van der Waals surface area contributed by atoms with Gasteiger partial charge in [0, 0.05) is 36.7 Å². The van der Waals surface area contributed by atoms with Gasteiger partial charge in [-0.05, 0) is 19.8 Å². The molecule has 1 saturated heterocycles. The fourth-order valence-electron chi connectivity index (χ4n) is 2.74. The first-order valence-electron chi connectivity index (χ1n) is 7.60. The summed E-state index contributed by atoms with van der Waals surface area (Å²) in [5.74, 6) is 1.71. The highest BCUT2D eigenvalue weighted by molar-refractivity contribution is 7.09. The van der Waals surface area contributed by atoms with Crippen LogP contribution in [0, 0.1) is 6.92 Å². The zero-order chi connectivity index (χ0) is 15.4. The van der Waals surface area contributed by atoms with Crippen molar-refractivity contribution >= 4 is 23.0 Å². The largest absolute Gasteiger partial charge is 0.394 e. The minimum atomic E-state index is 0.177. The molecule has 1 atom stereocenters. The molecule has 0 radical (unpaired) electrons. The maximum absolute atomic E-state index is 9.43. The van der Waals surface area contributed by atoms with Crippen molar-refractivity contribution in [1.82, 2.24) is 15.0 Å². The topological polar surface area (TPSA) is 74.2 Å². The van der Waals surface area contributed by atoms with Crippen LogP contribution in [0.4, 0.5) is 11.6 Å². The maximum Gasteiger partial charge on any atom is 0.134 e. The summed E-state index contributed by atoms with van der Waals surface area (Å²) in [6, 6.07) is 2.14. The van der Waals surface area contributed by atoms with E-state index in [9.17, 15) is 5.11 Å². The Labute approximate surface area is 134 Å². The van der Waals surface area contributed by atoms with Crippen LogP contribution < -0.4 is 10.2 Å². The molecule has 0 unspecified atom stereocenters. The summed E-state index contributed by atoms with van der Waals surface area (Å²) in [6.45, 7) is 3.93. The van der Waals surface area contributed by atoms with E-state index in [1.807, 2.05) is 13.0 Å². The van der Waals surface area contributed by atoms with E-state index in [0.717, 1.165) is 54.7 Å². The number of hydrogen-bond acceptors (Lipinski definition) is 7. The highest BCUT2D eigenvalue weighted by Crippen LogP contribution is 2.24. The summed E-state index contributed by atoms with van der Waals surface area (Å²) in [4.78, 5) is 15.2. The molecule has 2 aromatic rings. The summed E-state index contributed by atoms with van der Waals surface area (Å²) in [7, 11) is 0. The van der Waals surface area contributed by atoms with Crippen LogP contribution in [0.15, 0.2) is 17.8 Å². The van der Waals surface area contributed by atoms with E-state index in [-0.39, 0.29) is 12.6 Å². The van der Waals surface area contributed by atoms with Gasteiger partial charge in [0.25, 0.3) is 0 Å². The van der Waals surface area contributed by atoms with Crippen molar-refractivity contribution in [2.75, 3.05) is 29.9 Å². The number of aromatic nitrogens is 3. The molecule has 22 heavy (non-hydrogen) atoms. The van der Waals surface area contributed by atoms with Crippen LogP contribution in [-0.2, 0) is 6.42 Å². The van der Waals surface area contributed by atoms with Crippen molar-refractivity contribution in [3.05, 3.63) is 28.5 Å². The van der Waals surface area contributed by atoms with E-state index in [4.69, 9.17) is 0 Å². The summed E-state index contributed by atoms with van der Waals surface area (Å²) in [6.07, 6.45) is 4.59. The average Bonchev–Trinajstić information content (AvgIpc) is 3.16. The number of aliphatic hydroxyl groups excluding tert-OH is 1. The number of anilines is 2. The first kappa shape index (κ1) is 15.2. The number of aliphatic hydroxyl groups is 1. The molecule has 3 rings (SSSR count). The third kappa shape index (κ3) is 3.53. The predicted molar refractivity (Wildman–Crippen MR) is 88.5 cm³/mol. The Morgan fingerprint density at radius 3 is 3.14 bits per heavy atom. The number of aryl methyl sites for hydroxylation is 1.